The highest BCUT2D eigenvalue weighted by Gasteiger charge is 2.10. The first-order valence-corrected chi connectivity index (χ1v) is 6.20. The van der Waals surface area contributed by atoms with E-state index in [0.29, 0.717) is 5.82 Å². The molecule has 0 atom stereocenters. The summed E-state index contributed by atoms with van der Waals surface area (Å²) in [5.74, 6) is 0.484. The van der Waals surface area contributed by atoms with Crippen LogP contribution in [-0.2, 0) is 0 Å². The zero-order valence-corrected chi connectivity index (χ0v) is 10.2. The monoisotopic (exact) mass is 241 g/mol. The van der Waals surface area contributed by atoms with Crippen molar-refractivity contribution in [2.45, 2.75) is 6.92 Å². The molecule has 0 aliphatic carbocycles. The van der Waals surface area contributed by atoms with Crippen LogP contribution in [0.15, 0.2) is 35.7 Å². The van der Waals surface area contributed by atoms with E-state index < -0.39 is 0 Å². The Hall–Kier alpha value is -1.94. The van der Waals surface area contributed by atoms with Crippen LogP contribution in [0.1, 0.15) is 5.56 Å². The molecule has 1 aromatic carbocycles. The highest BCUT2D eigenvalue weighted by Crippen LogP contribution is 2.32. The average Bonchev–Trinajstić information content (AvgIpc) is 2.77. The van der Waals surface area contributed by atoms with Crippen LogP contribution >= 0.6 is 11.3 Å². The molecule has 0 saturated heterocycles. The third-order valence-electron chi connectivity index (χ3n) is 2.68. The molecule has 2 heterocycles. The molecular weight excluding hydrogens is 230 g/mol. The van der Waals surface area contributed by atoms with Gasteiger partial charge in [-0.2, -0.15) is 0 Å². The number of fused-ring (bicyclic) bond motifs is 1. The maximum atomic E-state index is 5.84. The number of anilines is 1. The molecule has 2 aromatic heterocycles. The molecule has 84 valence electrons. The Morgan fingerprint density at radius 1 is 1.12 bits per heavy atom. The van der Waals surface area contributed by atoms with Crippen molar-refractivity contribution in [3.63, 3.8) is 0 Å². The molecule has 0 aliphatic rings. The van der Waals surface area contributed by atoms with E-state index in [9.17, 15) is 0 Å². The summed E-state index contributed by atoms with van der Waals surface area (Å²) in [6.07, 6.45) is 0. The van der Waals surface area contributed by atoms with Crippen molar-refractivity contribution in [1.82, 2.24) is 10.2 Å². The third-order valence-corrected chi connectivity index (χ3v) is 3.73. The van der Waals surface area contributed by atoms with Crippen LogP contribution in [0, 0.1) is 6.92 Å². The summed E-state index contributed by atoms with van der Waals surface area (Å²) in [7, 11) is 0. The van der Waals surface area contributed by atoms with Gasteiger partial charge in [0.25, 0.3) is 0 Å². The van der Waals surface area contributed by atoms with Gasteiger partial charge in [-0.25, -0.2) is 0 Å². The number of nitrogens with two attached hydrogens (primary N) is 1. The number of aromatic nitrogens is 2. The first-order chi connectivity index (χ1) is 8.25. The van der Waals surface area contributed by atoms with E-state index >= 15 is 0 Å². The van der Waals surface area contributed by atoms with Crippen molar-refractivity contribution < 1.29 is 0 Å². The predicted molar refractivity (Wildman–Crippen MR) is 72.0 cm³/mol. The van der Waals surface area contributed by atoms with Gasteiger partial charge in [0.05, 0.1) is 4.88 Å². The minimum absolute atomic E-state index is 0.484. The van der Waals surface area contributed by atoms with Gasteiger partial charge >= 0.3 is 0 Å². The second-order valence-corrected chi connectivity index (χ2v) is 4.88. The minimum Gasteiger partial charge on any atom is -0.382 e. The molecular formula is C13H11N3S. The largest absolute Gasteiger partial charge is 0.382 e. The van der Waals surface area contributed by atoms with E-state index in [-0.39, 0.29) is 0 Å². The third kappa shape index (κ3) is 1.66. The van der Waals surface area contributed by atoms with Crippen LogP contribution in [0.3, 0.4) is 0 Å². The van der Waals surface area contributed by atoms with Gasteiger partial charge in [0.2, 0.25) is 0 Å². The lowest BCUT2D eigenvalue weighted by Crippen LogP contribution is -1.96. The van der Waals surface area contributed by atoms with Crippen molar-refractivity contribution in [2.24, 2.45) is 0 Å². The van der Waals surface area contributed by atoms with Crippen molar-refractivity contribution in [2.75, 3.05) is 5.73 Å². The molecule has 0 amide bonds. The van der Waals surface area contributed by atoms with E-state index in [4.69, 9.17) is 5.73 Å². The minimum atomic E-state index is 0.484. The fourth-order valence-corrected chi connectivity index (χ4v) is 2.76. The lowest BCUT2D eigenvalue weighted by Gasteiger charge is -2.04. The molecule has 0 unspecified atom stereocenters. The average molecular weight is 241 g/mol. The van der Waals surface area contributed by atoms with Crippen molar-refractivity contribution in [3.8, 4) is 10.6 Å². The normalized spacial score (nSPS) is 10.9. The van der Waals surface area contributed by atoms with Gasteiger partial charge in [-0.15, -0.1) is 21.5 Å². The summed E-state index contributed by atoms with van der Waals surface area (Å²) < 4.78 is 0. The summed E-state index contributed by atoms with van der Waals surface area (Å²) in [4.78, 5) is 1.13. The molecule has 0 spiro atoms. The van der Waals surface area contributed by atoms with Gasteiger partial charge in [-0.3, -0.25) is 0 Å². The van der Waals surface area contributed by atoms with Gasteiger partial charge < -0.3 is 5.73 Å². The highest BCUT2D eigenvalue weighted by atomic mass is 32.1. The number of nitrogens with zero attached hydrogens (tertiary/aromatic N) is 2. The number of hydrogen-bond acceptors (Lipinski definition) is 4. The molecule has 3 aromatic rings. The molecule has 17 heavy (non-hydrogen) atoms. The molecule has 3 rings (SSSR count). The van der Waals surface area contributed by atoms with E-state index in [1.165, 1.54) is 5.56 Å². The summed E-state index contributed by atoms with van der Waals surface area (Å²) in [5, 5.41) is 12.4. The summed E-state index contributed by atoms with van der Waals surface area (Å²) in [5.41, 5.74) is 7.99. The fraction of sp³-hybridized carbons (Fsp3) is 0.0769. The van der Waals surface area contributed by atoms with Crippen LogP contribution in [0.4, 0.5) is 5.82 Å². The van der Waals surface area contributed by atoms with Gasteiger partial charge in [0.1, 0.15) is 5.69 Å². The zero-order chi connectivity index (χ0) is 11.8. The molecule has 2 N–H and O–H groups in total. The van der Waals surface area contributed by atoms with E-state index in [2.05, 4.69) is 28.6 Å². The SMILES string of the molecule is Cc1csc(-c2nnc(N)c3ccccc23)c1. The molecule has 0 radical (unpaired) electrons. The molecule has 4 heteroatoms. The second-order valence-electron chi connectivity index (χ2n) is 3.97. The van der Waals surface area contributed by atoms with E-state index in [0.717, 1.165) is 21.3 Å². The van der Waals surface area contributed by atoms with Crippen molar-refractivity contribution in [3.05, 3.63) is 41.3 Å². The van der Waals surface area contributed by atoms with Crippen molar-refractivity contribution >= 4 is 27.9 Å². The Labute approximate surface area is 103 Å². The Bertz CT molecular complexity index is 688. The lowest BCUT2D eigenvalue weighted by atomic mass is 10.1. The smallest absolute Gasteiger partial charge is 0.154 e. The quantitative estimate of drug-likeness (QED) is 0.711. The van der Waals surface area contributed by atoms with Gasteiger partial charge in [-0.05, 0) is 23.9 Å². The molecule has 0 saturated carbocycles. The number of benzene rings is 1. The van der Waals surface area contributed by atoms with Gasteiger partial charge in [0.15, 0.2) is 5.82 Å². The van der Waals surface area contributed by atoms with Gasteiger partial charge in [0, 0.05) is 10.8 Å². The second kappa shape index (κ2) is 3.82. The zero-order valence-electron chi connectivity index (χ0n) is 9.34. The number of nitrogen functional groups attached to an aromatic ring is 1. The highest BCUT2D eigenvalue weighted by molar-refractivity contribution is 7.13. The van der Waals surface area contributed by atoms with Crippen LogP contribution in [0.5, 0.6) is 0 Å². The lowest BCUT2D eigenvalue weighted by molar-refractivity contribution is 1.07. The summed E-state index contributed by atoms with van der Waals surface area (Å²) in [6, 6.07) is 10.1. The number of thiophene rings is 1. The topological polar surface area (TPSA) is 51.8 Å². The molecule has 0 fully saturated rings. The van der Waals surface area contributed by atoms with Crippen LogP contribution in [0.2, 0.25) is 0 Å². The van der Waals surface area contributed by atoms with Crippen molar-refractivity contribution in [1.29, 1.82) is 0 Å². The summed E-state index contributed by atoms with van der Waals surface area (Å²) >= 11 is 1.68. The fourth-order valence-electron chi connectivity index (χ4n) is 1.86. The number of rotatable bonds is 1. The molecule has 0 aliphatic heterocycles. The molecule has 3 nitrogen and oxygen atoms in total. The first-order valence-electron chi connectivity index (χ1n) is 5.32. The number of aryl methyl sites for hydroxylation is 1. The maximum Gasteiger partial charge on any atom is 0.154 e. The Balaban J connectivity index is 2.34. The summed E-state index contributed by atoms with van der Waals surface area (Å²) in [6.45, 7) is 2.08. The van der Waals surface area contributed by atoms with E-state index in [1.54, 1.807) is 11.3 Å². The predicted octanol–water partition coefficient (Wildman–Crippen LogP) is 3.25. The maximum absolute atomic E-state index is 5.84. The van der Waals surface area contributed by atoms with Crippen LogP contribution in [0.25, 0.3) is 21.3 Å². The van der Waals surface area contributed by atoms with Gasteiger partial charge in [-0.1, -0.05) is 24.3 Å². The Morgan fingerprint density at radius 2 is 1.88 bits per heavy atom. The van der Waals surface area contributed by atoms with Crippen LogP contribution in [-0.4, -0.2) is 10.2 Å². The molecule has 0 bridgehead atoms. The Kier molecular flexibility index (Phi) is 2.30. The number of hydrogen-bond donors (Lipinski definition) is 1. The van der Waals surface area contributed by atoms with Crippen LogP contribution < -0.4 is 5.73 Å². The Morgan fingerprint density at radius 3 is 2.59 bits per heavy atom. The van der Waals surface area contributed by atoms with E-state index in [1.807, 2.05) is 24.3 Å². The first kappa shape index (κ1) is 10.2. The standard InChI is InChI=1S/C13H11N3S/c1-8-6-11(17-7-8)12-9-4-2-3-5-10(9)13(14)16-15-12/h2-7H,1H3,(H2,14,16).